The highest BCUT2D eigenvalue weighted by Crippen LogP contribution is 2.33. The first-order valence-corrected chi connectivity index (χ1v) is 5.32. The van der Waals surface area contributed by atoms with Crippen LogP contribution in [0.15, 0.2) is 6.07 Å². The van der Waals surface area contributed by atoms with Crippen LogP contribution in [-0.4, -0.2) is 22.9 Å². The van der Waals surface area contributed by atoms with Crippen molar-refractivity contribution in [2.24, 2.45) is 0 Å². The number of rotatable bonds is 1. The molecule has 2 heterocycles. The van der Waals surface area contributed by atoms with E-state index >= 15 is 0 Å². The van der Waals surface area contributed by atoms with Gasteiger partial charge in [-0.25, -0.2) is 0 Å². The van der Waals surface area contributed by atoms with E-state index in [1.807, 2.05) is 0 Å². The summed E-state index contributed by atoms with van der Waals surface area (Å²) in [5, 5.41) is 7.10. The number of nitrogens with zero attached hydrogens (tertiary/aromatic N) is 2. The van der Waals surface area contributed by atoms with Gasteiger partial charge < -0.3 is 5.32 Å². The lowest BCUT2D eigenvalue weighted by Gasteiger charge is -2.25. The van der Waals surface area contributed by atoms with Gasteiger partial charge >= 0.3 is 6.18 Å². The van der Waals surface area contributed by atoms with E-state index in [1.165, 1.54) is 0 Å². The van der Waals surface area contributed by atoms with E-state index in [0.717, 1.165) is 23.8 Å². The maximum Gasteiger partial charge on any atom is 0.433 e. The van der Waals surface area contributed by atoms with Gasteiger partial charge in [-0.1, -0.05) is 0 Å². The quantitative estimate of drug-likeness (QED) is 0.805. The van der Waals surface area contributed by atoms with Gasteiger partial charge in [-0.05, 0) is 38.9 Å². The van der Waals surface area contributed by atoms with Crippen molar-refractivity contribution in [2.45, 2.75) is 32.0 Å². The van der Waals surface area contributed by atoms with Crippen molar-refractivity contribution in [3.05, 3.63) is 17.5 Å². The van der Waals surface area contributed by atoms with E-state index in [2.05, 4.69) is 10.4 Å². The molecule has 0 bridgehead atoms. The lowest BCUT2D eigenvalue weighted by Crippen LogP contribution is -2.31. The smallest absolute Gasteiger partial charge is 0.317 e. The highest BCUT2D eigenvalue weighted by Gasteiger charge is 2.37. The van der Waals surface area contributed by atoms with Gasteiger partial charge in [0.2, 0.25) is 0 Å². The summed E-state index contributed by atoms with van der Waals surface area (Å²) < 4.78 is 39.4. The average molecular weight is 233 g/mol. The Bertz CT molecular complexity index is 364. The minimum absolute atomic E-state index is 0.133. The zero-order valence-electron chi connectivity index (χ0n) is 9.01. The number of piperidine rings is 1. The third kappa shape index (κ3) is 2.21. The molecule has 16 heavy (non-hydrogen) atoms. The first-order chi connectivity index (χ1) is 7.48. The average Bonchev–Trinajstić information content (AvgIpc) is 2.61. The van der Waals surface area contributed by atoms with Gasteiger partial charge in [-0.2, -0.15) is 18.3 Å². The third-order valence-electron chi connectivity index (χ3n) is 2.80. The summed E-state index contributed by atoms with van der Waals surface area (Å²) in [6.45, 7) is 3.09. The van der Waals surface area contributed by atoms with E-state index in [1.54, 1.807) is 6.92 Å². The molecule has 0 radical (unpaired) electrons. The van der Waals surface area contributed by atoms with Crippen LogP contribution < -0.4 is 5.32 Å². The van der Waals surface area contributed by atoms with Crippen molar-refractivity contribution in [1.29, 1.82) is 0 Å². The SMILES string of the molecule is Cc1cc(C(F)(F)F)n(C2CCNCC2)n1. The highest BCUT2D eigenvalue weighted by molar-refractivity contribution is 5.13. The molecule has 0 saturated carbocycles. The van der Waals surface area contributed by atoms with E-state index in [0.29, 0.717) is 18.5 Å². The van der Waals surface area contributed by atoms with Gasteiger partial charge in [0.15, 0.2) is 0 Å². The molecule has 1 aliphatic heterocycles. The fourth-order valence-electron chi connectivity index (χ4n) is 2.06. The summed E-state index contributed by atoms with van der Waals surface area (Å²) in [6.07, 6.45) is -2.92. The molecule has 6 heteroatoms. The molecular weight excluding hydrogens is 219 g/mol. The van der Waals surface area contributed by atoms with Crippen LogP contribution in [0.2, 0.25) is 0 Å². The third-order valence-corrected chi connectivity index (χ3v) is 2.80. The van der Waals surface area contributed by atoms with Crippen molar-refractivity contribution in [3.63, 3.8) is 0 Å². The number of aromatic nitrogens is 2. The first-order valence-electron chi connectivity index (χ1n) is 5.32. The zero-order valence-corrected chi connectivity index (χ0v) is 9.01. The van der Waals surface area contributed by atoms with Crippen LogP contribution in [0.3, 0.4) is 0 Å². The molecule has 1 aliphatic rings. The lowest BCUT2D eigenvalue weighted by atomic mass is 10.1. The van der Waals surface area contributed by atoms with Crippen LogP contribution >= 0.6 is 0 Å². The van der Waals surface area contributed by atoms with Crippen molar-refractivity contribution in [1.82, 2.24) is 15.1 Å². The van der Waals surface area contributed by atoms with Gasteiger partial charge in [0.05, 0.1) is 11.7 Å². The second kappa shape index (κ2) is 4.08. The summed E-state index contributed by atoms with van der Waals surface area (Å²) in [7, 11) is 0. The predicted molar refractivity (Wildman–Crippen MR) is 53.1 cm³/mol. The summed E-state index contributed by atoms with van der Waals surface area (Å²) in [6, 6.07) is 0.980. The Balaban J connectivity index is 2.31. The molecule has 1 aromatic rings. The number of aryl methyl sites for hydroxylation is 1. The van der Waals surface area contributed by atoms with Crippen molar-refractivity contribution in [2.75, 3.05) is 13.1 Å². The number of hydrogen-bond donors (Lipinski definition) is 1. The van der Waals surface area contributed by atoms with E-state index in [-0.39, 0.29) is 6.04 Å². The lowest BCUT2D eigenvalue weighted by molar-refractivity contribution is -0.145. The Morgan fingerprint density at radius 3 is 2.56 bits per heavy atom. The molecule has 3 nitrogen and oxygen atoms in total. The minimum atomic E-state index is -4.31. The summed E-state index contributed by atoms with van der Waals surface area (Å²) in [5.41, 5.74) is -0.206. The molecule has 90 valence electrons. The van der Waals surface area contributed by atoms with Crippen LogP contribution in [0.5, 0.6) is 0 Å². The molecule has 0 amide bonds. The Labute approximate surface area is 91.6 Å². The van der Waals surface area contributed by atoms with E-state index in [4.69, 9.17) is 0 Å². The molecule has 1 N–H and O–H groups in total. The van der Waals surface area contributed by atoms with Crippen LogP contribution in [0.25, 0.3) is 0 Å². The number of nitrogens with one attached hydrogen (secondary N) is 1. The topological polar surface area (TPSA) is 29.9 Å². The molecular formula is C10H14F3N3. The monoisotopic (exact) mass is 233 g/mol. The Kier molecular flexibility index (Phi) is 2.92. The van der Waals surface area contributed by atoms with Crippen LogP contribution in [0, 0.1) is 6.92 Å². The molecule has 0 spiro atoms. The largest absolute Gasteiger partial charge is 0.433 e. The van der Waals surface area contributed by atoms with Gasteiger partial charge in [0, 0.05) is 0 Å². The Hall–Kier alpha value is -1.04. The number of alkyl halides is 3. The highest BCUT2D eigenvalue weighted by atomic mass is 19.4. The summed E-state index contributed by atoms with van der Waals surface area (Å²) >= 11 is 0. The summed E-state index contributed by atoms with van der Waals surface area (Å²) in [5.74, 6) is 0. The van der Waals surface area contributed by atoms with E-state index < -0.39 is 11.9 Å². The molecule has 1 aromatic heterocycles. The fraction of sp³-hybridized carbons (Fsp3) is 0.700. The molecule has 0 aromatic carbocycles. The molecule has 0 atom stereocenters. The molecule has 2 rings (SSSR count). The standard InChI is InChI=1S/C10H14F3N3/c1-7-6-9(10(11,12)13)16(15-7)8-2-4-14-5-3-8/h6,8,14H,2-5H2,1H3. The minimum Gasteiger partial charge on any atom is -0.317 e. The summed E-state index contributed by atoms with van der Waals surface area (Å²) in [4.78, 5) is 0. The van der Waals surface area contributed by atoms with Crippen LogP contribution in [0.1, 0.15) is 30.3 Å². The number of halogens is 3. The van der Waals surface area contributed by atoms with Crippen molar-refractivity contribution >= 4 is 0 Å². The van der Waals surface area contributed by atoms with Gasteiger partial charge in [-0.15, -0.1) is 0 Å². The second-order valence-electron chi connectivity index (χ2n) is 4.09. The van der Waals surface area contributed by atoms with Crippen molar-refractivity contribution in [3.8, 4) is 0 Å². The zero-order chi connectivity index (χ0) is 11.8. The van der Waals surface area contributed by atoms with Crippen LogP contribution in [0.4, 0.5) is 13.2 Å². The maximum absolute atomic E-state index is 12.7. The molecule has 0 unspecified atom stereocenters. The van der Waals surface area contributed by atoms with Crippen LogP contribution in [-0.2, 0) is 6.18 Å². The first kappa shape index (κ1) is 11.4. The Morgan fingerprint density at radius 1 is 1.38 bits per heavy atom. The van der Waals surface area contributed by atoms with E-state index in [9.17, 15) is 13.2 Å². The Morgan fingerprint density at radius 2 is 2.00 bits per heavy atom. The van der Waals surface area contributed by atoms with Gasteiger partial charge in [0.1, 0.15) is 5.69 Å². The fourth-order valence-corrected chi connectivity index (χ4v) is 2.06. The van der Waals surface area contributed by atoms with Gasteiger partial charge in [0.25, 0.3) is 0 Å². The maximum atomic E-state index is 12.7. The van der Waals surface area contributed by atoms with Crippen molar-refractivity contribution < 1.29 is 13.2 Å². The normalized spacial score (nSPS) is 19.0. The predicted octanol–water partition coefficient (Wildman–Crippen LogP) is 2.13. The molecule has 0 aliphatic carbocycles. The van der Waals surface area contributed by atoms with Gasteiger partial charge in [-0.3, -0.25) is 4.68 Å². The second-order valence-corrected chi connectivity index (χ2v) is 4.09. The molecule has 1 saturated heterocycles. The number of hydrogen-bond acceptors (Lipinski definition) is 2. The molecule has 1 fully saturated rings.